The van der Waals surface area contributed by atoms with Crippen LogP contribution in [-0.4, -0.2) is 11.0 Å². The Bertz CT molecular complexity index is 326. The van der Waals surface area contributed by atoms with Crippen LogP contribution in [-0.2, 0) is 21.7 Å². The second kappa shape index (κ2) is 14.8. The zero-order valence-corrected chi connectivity index (χ0v) is 18.1. The summed E-state index contributed by atoms with van der Waals surface area (Å²) in [5, 5.41) is 0. The first-order valence-electron chi connectivity index (χ1n) is 6.89. The molecule has 1 heterocycles. The molecule has 23 heavy (non-hydrogen) atoms. The SMILES string of the molecule is CC(C)(C)[CH-]CC(C[CH-]C(C)(C)C)c1ccco1.O.O.[Cl-].[Cl-].[Ti+4]. The molecule has 0 radical (unpaired) electrons. The second-order valence-corrected chi connectivity index (χ2v) is 7.32. The van der Waals surface area contributed by atoms with Crippen molar-refractivity contribution in [3.05, 3.63) is 37.0 Å². The molecular formula is C17H32Cl2O3Ti. The van der Waals surface area contributed by atoms with Gasteiger partial charge in [-0.1, -0.05) is 41.5 Å². The Morgan fingerprint density at radius 1 is 0.913 bits per heavy atom. The van der Waals surface area contributed by atoms with Crippen LogP contribution in [0.15, 0.2) is 22.8 Å². The summed E-state index contributed by atoms with van der Waals surface area (Å²) in [6.45, 7) is 13.5. The van der Waals surface area contributed by atoms with Gasteiger partial charge in [0.1, 0.15) is 5.76 Å². The van der Waals surface area contributed by atoms with Crippen molar-refractivity contribution < 1.29 is 61.9 Å². The zero-order valence-electron chi connectivity index (χ0n) is 15.0. The number of furan rings is 1. The predicted octanol–water partition coefficient (Wildman–Crippen LogP) is -2.00. The Kier molecular flexibility index (Phi) is 22.4. The van der Waals surface area contributed by atoms with E-state index in [2.05, 4.69) is 60.5 Å². The van der Waals surface area contributed by atoms with Crippen molar-refractivity contribution in [2.75, 3.05) is 0 Å². The van der Waals surface area contributed by atoms with Gasteiger partial charge in [0.2, 0.25) is 0 Å². The Labute approximate surface area is 169 Å². The molecule has 6 heteroatoms. The van der Waals surface area contributed by atoms with Gasteiger partial charge in [0.05, 0.1) is 6.26 Å². The van der Waals surface area contributed by atoms with Crippen LogP contribution in [0.3, 0.4) is 0 Å². The first-order valence-corrected chi connectivity index (χ1v) is 6.89. The summed E-state index contributed by atoms with van der Waals surface area (Å²) >= 11 is 0. The molecule has 0 aliphatic heterocycles. The molecule has 0 saturated heterocycles. The average Bonchev–Trinajstić information content (AvgIpc) is 2.67. The van der Waals surface area contributed by atoms with Crippen molar-refractivity contribution in [3.63, 3.8) is 0 Å². The van der Waals surface area contributed by atoms with Crippen LogP contribution in [0.2, 0.25) is 0 Å². The third kappa shape index (κ3) is 17.1. The molecule has 0 fully saturated rings. The van der Waals surface area contributed by atoms with Gasteiger partial charge < -0.3 is 53.0 Å². The molecule has 0 aromatic carbocycles. The first-order chi connectivity index (χ1) is 8.17. The maximum atomic E-state index is 5.59. The Morgan fingerprint density at radius 2 is 1.30 bits per heavy atom. The van der Waals surface area contributed by atoms with E-state index in [1.54, 1.807) is 6.26 Å². The molecule has 0 atom stereocenters. The van der Waals surface area contributed by atoms with Crippen molar-refractivity contribution in [2.24, 2.45) is 10.8 Å². The van der Waals surface area contributed by atoms with Crippen LogP contribution in [0.25, 0.3) is 0 Å². The largest absolute Gasteiger partial charge is 4.00 e. The predicted molar refractivity (Wildman–Crippen MR) is 85.4 cm³/mol. The molecule has 136 valence electrons. The van der Waals surface area contributed by atoms with E-state index >= 15 is 0 Å². The number of rotatable bonds is 5. The van der Waals surface area contributed by atoms with Crippen LogP contribution >= 0.6 is 0 Å². The Balaban J connectivity index is -0.000000216. The van der Waals surface area contributed by atoms with E-state index in [1.807, 2.05) is 6.07 Å². The summed E-state index contributed by atoms with van der Waals surface area (Å²) in [6.07, 6.45) is 8.72. The van der Waals surface area contributed by atoms with Crippen molar-refractivity contribution in [1.29, 1.82) is 0 Å². The van der Waals surface area contributed by atoms with Crippen molar-refractivity contribution in [2.45, 2.75) is 60.3 Å². The second-order valence-electron chi connectivity index (χ2n) is 7.32. The normalized spacial score (nSPS) is 10.4. The fraction of sp³-hybridized carbons (Fsp3) is 0.647. The third-order valence-corrected chi connectivity index (χ3v) is 2.98. The van der Waals surface area contributed by atoms with Crippen LogP contribution in [0.1, 0.15) is 66.1 Å². The molecular weight excluding hydrogens is 371 g/mol. The van der Waals surface area contributed by atoms with Gasteiger partial charge in [0.15, 0.2) is 0 Å². The minimum absolute atomic E-state index is 0. The van der Waals surface area contributed by atoms with Crippen LogP contribution in [0.5, 0.6) is 0 Å². The topological polar surface area (TPSA) is 76.1 Å². The fourth-order valence-electron chi connectivity index (χ4n) is 1.84. The molecule has 0 aliphatic carbocycles. The van der Waals surface area contributed by atoms with E-state index < -0.39 is 0 Å². The molecule has 0 unspecified atom stereocenters. The number of halogens is 2. The van der Waals surface area contributed by atoms with Crippen LogP contribution in [0, 0.1) is 23.7 Å². The van der Waals surface area contributed by atoms with Crippen molar-refractivity contribution >= 4 is 0 Å². The zero-order chi connectivity index (χ0) is 13.8. The molecule has 0 spiro atoms. The van der Waals surface area contributed by atoms with E-state index in [0.717, 1.165) is 18.6 Å². The molecule has 0 bridgehead atoms. The van der Waals surface area contributed by atoms with Gasteiger partial charge in [-0.15, -0.1) is 0 Å². The monoisotopic (exact) mass is 402 g/mol. The van der Waals surface area contributed by atoms with Gasteiger partial charge in [-0.2, -0.15) is 23.7 Å². The van der Waals surface area contributed by atoms with Crippen LogP contribution in [0.4, 0.5) is 0 Å². The van der Waals surface area contributed by atoms with Crippen molar-refractivity contribution in [3.8, 4) is 0 Å². The minimum atomic E-state index is 0. The van der Waals surface area contributed by atoms with Gasteiger partial charge in [-0.3, -0.25) is 0 Å². The summed E-state index contributed by atoms with van der Waals surface area (Å²) in [4.78, 5) is 0. The van der Waals surface area contributed by atoms with E-state index in [-0.39, 0.29) is 68.3 Å². The smallest absolute Gasteiger partial charge is 1.00 e. The molecule has 4 N–H and O–H groups in total. The fourth-order valence-corrected chi connectivity index (χ4v) is 1.84. The van der Waals surface area contributed by atoms with E-state index in [1.165, 1.54) is 0 Å². The third-order valence-electron chi connectivity index (χ3n) is 2.98. The summed E-state index contributed by atoms with van der Waals surface area (Å²) in [5.41, 5.74) is 0.541. The minimum Gasteiger partial charge on any atom is -1.00 e. The molecule has 1 rings (SSSR count). The standard InChI is InChI=1S/C17H28O.2ClH.2H2O.Ti/c1-16(2,3)11-9-14(10-12-17(4,5)6)15-8-7-13-18-15;;;;;/h7-8,11-14H,9-10H2,1-6H3;2*1H;2*1H2;/q-2;;;;;+4/p-2. The maximum absolute atomic E-state index is 5.59. The van der Waals surface area contributed by atoms with E-state index in [4.69, 9.17) is 4.42 Å². The number of hydrogen-bond acceptors (Lipinski definition) is 1. The molecule has 1 aromatic heterocycles. The van der Waals surface area contributed by atoms with Gasteiger partial charge >= 0.3 is 21.7 Å². The average molecular weight is 403 g/mol. The van der Waals surface area contributed by atoms with E-state index in [0.29, 0.717) is 5.92 Å². The van der Waals surface area contributed by atoms with Gasteiger partial charge in [-0.05, 0) is 18.1 Å². The first kappa shape index (κ1) is 34.8. The quantitative estimate of drug-likeness (QED) is 0.414. The maximum Gasteiger partial charge on any atom is 4.00 e. The summed E-state index contributed by atoms with van der Waals surface area (Å²) < 4.78 is 5.59. The van der Waals surface area contributed by atoms with Gasteiger partial charge in [0.25, 0.3) is 0 Å². The molecule has 1 aromatic rings. The van der Waals surface area contributed by atoms with Gasteiger partial charge in [0, 0.05) is 0 Å². The van der Waals surface area contributed by atoms with E-state index in [9.17, 15) is 0 Å². The molecule has 0 amide bonds. The molecule has 0 saturated carbocycles. The van der Waals surface area contributed by atoms with Crippen molar-refractivity contribution in [1.82, 2.24) is 0 Å². The van der Waals surface area contributed by atoms with Gasteiger partial charge in [-0.25, -0.2) is 0 Å². The summed E-state index contributed by atoms with van der Waals surface area (Å²) in [7, 11) is 0. The summed E-state index contributed by atoms with van der Waals surface area (Å²) in [6, 6.07) is 4.08. The Hall–Kier alpha value is 0.494. The molecule has 3 nitrogen and oxygen atoms in total. The Morgan fingerprint density at radius 3 is 1.57 bits per heavy atom. The van der Waals surface area contributed by atoms with Crippen LogP contribution < -0.4 is 24.8 Å². The summed E-state index contributed by atoms with van der Waals surface area (Å²) in [5.74, 6) is 1.58. The number of hydrogen-bond donors (Lipinski definition) is 0. The molecule has 0 aliphatic rings.